The van der Waals surface area contributed by atoms with Crippen molar-refractivity contribution in [3.05, 3.63) is 41.4 Å². The Kier molecular flexibility index (Phi) is 4.90. The summed E-state index contributed by atoms with van der Waals surface area (Å²) in [6.07, 6.45) is 1.58. The maximum atomic E-state index is 12.2. The SMILES string of the molecule is CN(CCNc1ncccc1C#N)S(=O)(=O)c1cccs1. The van der Waals surface area contributed by atoms with Crippen LogP contribution in [0.15, 0.2) is 40.1 Å². The van der Waals surface area contributed by atoms with Gasteiger partial charge in [0.15, 0.2) is 0 Å². The molecule has 0 saturated carbocycles. The number of pyridine rings is 1. The van der Waals surface area contributed by atoms with E-state index in [-0.39, 0.29) is 6.54 Å². The topological polar surface area (TPSA) is 86.1 Å². The van der Waals surface area contributed by atoms with Crippen LogP contribution in [0.1, 0.15) is 5.56 Å². The average Bonchev–Trinajstić information content (AvgIpc) is 3.02. The van der Waals surface area contributed by atoms with E-state index in [1.54, 1.807) is 35.8 Å². The Balaban J connectivity index is 1.96. The second-order valence-corrected chi connectivity index (χ2v) is 7.42. The van der Waals surface area contributed by atoms with Crippen LogP contribution in [0.2, 0.25) is 0 Å². The van der Waals surface area contributed by atoms with Crippen molar-refractivity contribution in [1.29, 1.82) is 5.26 Å². The van der Waals surface area contributed by atoms with Gasteiger partial charge in [-0.1, -0.05) is 6.07 Å². The molecule has 0 amide bonds. The monoisotopic (exact) mass is 322 g/mol. The summed E-state index contributed by atoms with van der Waals surface area (Å²) in [5.41, 5.74) is 0.432. The number of aromatic nitrogens is 1. The van der Waals surface area contributed by atoms with Gasteiger partial charge in [-0.05, 0) is 23.6 Å². The average molecular weight is 322 g/mol. The smallest absolute Gasteiger partial charge is 0.252 e. The third kappa shape index (κ3) is 3.58. The normalized spacial score (nSPS) is 11.3. The van der Waals surface area contributed by atoms with Crippen LogP contribution in [0.3, 0.4) is 0 Å². The summed E-state index contributed by atoms with van der Waals surface area (Å²) >= 11 is 1.19. The standard InChI is InChI=1S/C13H14N4O2S2/c1-17(21(18,19)12-5-3-9-20-12)8-7-16-13-11(10-14)4-2-6-15-13/h2-6,9H,7-8H2,1H3,(H,15,16). The van der Waals surface area contributed by atoms with E-state index in [1.165, 1.54) is 22.7 Å². The van der Waals surface area contributed by atoms with Gasteiger partial charge in [0, 0.05) is 26.3 Å². The van der Waals surface area contributed by atoms with Crippen molar-refractivity contribution in [2.45, 2.75) is 4.21 Å². The Morgan fingerprint density at radius 2 is 2.24 bits per heavy atom. The van der Waals surface area contributed by atoms with Crippen LogP contribution in [0, 0.1) is 11.3 Å². The first kappa shape index (κ1) is 15.4. The second kappa shape index (κ2) is 6.67. The van der Waals surface area contributed by atoms with E-state index in [1.807, 2.05) is 6.07 Å². The van der Waals surface area contributed by atoms with Crippen LogP contribution in [-0.4, -0.2) is 37.8 Å². The van der Waals surface area contributed by atoms with Gasteiger partial charge in [0.25, 0.3) is 10.0 Å². The van der Waals surface area contributed by atoms with Crippen LogP contribution >= 0.6 is 11.3 Å². The summed E-state index contributed by atoms with van der Waals surface area (Å²) in [5.74, 6) is 0.460. The third-order valence-corrected chi connectivity index (χ3v) is 6.04. The number of anilines is 1. The lowest BCUT2D eigenvalue weighted by atomic mass is 10.3. The van der Waals surface area contributed by atoms with Gasteiger partial charge in [-0.25, -0.2) is 13.4 Å². The van der Waals surface area contributed by atoms with Gasteiger partial charge in [-0.2, -0.15) is 9.57 Å². The Labute approximate surface area is 127 Å². The third-order valence-electron chi connectivity index (χ3n) is 2.81. The molecule has 0 aliphatic rings. The molecule has 2 aromatic rings. The quantitative estimate of drug-likeness (QED) is 0.875. The van der Waals surface area contributed by atoms with Crippen LogP contribution in [0.25, 0.3) is 0 Å². The Morgan fingerprint density at radius 3 is 2.90 bits per heavy atom. The molecular weight excluding hydrogens is 308 g/mol. The highest BCUT2D eigenvalue weighted by Crippen LogP contribution is 2.19. The number of hydrogen-bond donors (Lipinski definition) is 1. The van der Waals surface area contributed by atoms with Gasteiger partial charge in [-0.3, -0.25) is 0 Å². The number of nitrogens with one attached hydrogen (secondary N) is 1. The first-order valence-electron chi connectivity index (χ1n) is 6.14. The lowest BCUT2D eigenvalue weighted by Crippen LogP contribution is -2.31. The molecule has 0 aliphatic heterocycles. The molecular formula is C13H14N4O2S2. The molecule has 21 heavy (non-hydrogen) atoms. The molecule has 2 rings (SSSR count). The molecule has 0 radical (unpaired) electrons. The molecule has 2 aromatic heterocycles. The summed E-state index contributed by atoms with van der Waals surface area (Å²) < 4.78 is 26.0. The van der Waals surface area contributed by atoms with Gasteiger partial charge in [0.05, 0.1) is 5.56 Å². The summed E-state index contributed by atoms with van der Waals surface area (Å²) in [6.45, 7) is 0.647. The van der Waals surface area contributed by atoms with Crippen molar-refractivity contribution in [3.63, 3.8) is 0 Å². The highest BCUT2D eigenvalue weighted by Gasteiger charge is 2.21. The lowest BCUT2D eigenvalue weighted by Gasteiger charge is -2.16. The predicted molar refractivity (Wildman–Crippen MR) is 81.6 cm³/mol. The van der Waals surface area contributed by atoms with Crippen molar-refractivity contribution in [2.75, 3.05) is 25.5 Å². The van der Waals surface area contributed by atoms with Crippen LogP contribution in [-0.2, 0) is 10.0 Å². The van der Waals surface area contributed by atoms with E-state index in [9.17, 15) is 8.42 Å². The number of nitriles is 1. The Bertz CT molecular complexity index is 736. The minimum atomic E-state index is -3.44. The minimum Gasteiger partial charge on any atom is -0.368 e. The molecule has 8 heteroatoms. The van der Waals surface area contributed by atoms with E-state index in [0.717, 1.165) is 0 Å². The fourth-order valence-electron chi connectivity index (χ4n) is 1.65. The zero-order chi connectivity index (χ0) is 15.3. The molecule has 0 atom stereocenters. The van der Waals surface area contributed by atoms with Crippen LogP contribution in [0.4, 0.5) is 5.82 Å². The Morgan fingerprint density at radius 1 is 1.43 bits per heavy atom. The van der Waals surface area contributed by atoms with E-state index in [2.05, 4.69) is 10.3 Å². The molecule has 0 spiro atoms. The van der Waals surface area contributed by atoms with Gasteiger partial charge in [-0.15, -0.1) is 11.3 Å². The lowest BCUT2D eigenvalue weighted by molar-refractivity contribution is 0.482. The van der Waals surface area contributed by atoms with Crippen LogP contribution in [0.5, 0.6) is 0 Å². The van der Waals surface area contributed by atoms with Gasteiger partial charge < -0.3 is 5.32 Å². The van der Waals surface area contributed by atoms with E-state index in [4.69, 9.17) is 5.26 Å². The zero-order valence-electron chi connectivity index (χ0n) is 11.4. The maximum absolute atomic E-state index is 12.2. The molecule has 0 unspecified atom stereocenters. The number of hydrogen-bond acceptors (Lipinski definition) is 6. The fourth-order valence-corrected chi connectivity index (χ4v) is 4.02. The van der Waals surface area contributed by atoms with E-state index >= 15 is 0 Å². The number of rotatable bonds is 6. The number of likely N-dealkylation sites (N-methyl/N-ethyl adjacent to an activating group) is 1. The summed E-state index contributed by atoms with van der Waals surface area (Å²) in [6, 6.07) is 8.65. The summed E-state index contributed by atoms with van der Waals surface area (Å²) in [4.78, 5) is 4.06. The number of nitrogens with zero attached hydrogens (tertiary/aromatic N) is 3. The van der Waals surface area contributed by atoms with Crippen molar-refractivity contribution < 1.29 is 8.42 Å². The van der Waals surface area contributed by atoms with Gasteiger partial charge in [0.1, 0.15) is 16.1 Å². The molecule has 0 saturated heterocycles. The molecule has 0 aromatic carbocycles. The van der Waals surface area contributed by atoms with Crippen molar-refractivity contribution in [3.8, 4) is 6.07 Å². The highest BCUT2D eigenvalue weighted by atomic mass is 32.2. The van der Waals surface area contributed by atoms with Crippen molar-refractivity contribution >= 4 is 27.2 Å². The van der Waals surface area contributed by atoms with Crippen LogP contribution < -0.4 is 5.32 Å². The molecule has 2 heterocycles. The second-order valence-electron chi connectivity index (χ2n) is 4.20. The minimum absolute atomic E-state index is 0.279. The molecule has 0 aliphatic carbocycles. The fraction of sp³-hybridized carbons (Fsp3) is 0.231. The first-order valence-corrected chi connectivity index (χ1v) is 8.46. The molecule has 1 N–H and O–H groups in total. The van der Waals surface area contributed by atoms with Crippen molar-refractivity contribution in [1.82, 2.24) is 9.29 Å². The predicted octanol–water partition coefficient (Wildman–Crippen LogP) is 1.75. The van der Waals surface area contributed by atoms with Gasteiger partial charge >= 0.3 is 0 Å². The molecule has 6 nitrogen and oxygen atoms in total. The summed E-state index contributed by atoms with van der Waals surface area (Å²) in [7, 11) is -1.91. The van der Waals surface area contributed by atoms with E-state index < -0.39 is 10.0 Å². The van der Waals surface area contributed by atoms with Gasteiger partial charge in [0.2, 0.25) is 0 Å². The largest absolute Gasteiger partial charge is 0.368 e. The number of thiophene rings is 1. The highest BCUT2D eigenvalue weighted by molar-refractivity contribution is 7.91. The number of sulfonamides is 1. The summed E-state index contributed by atoms with van der Waals surface area (Å²) in [5, 5.41) is 13.7. The van der Waals surface area contributed by atoms with E-state index in [0.29, 0.717) is 22.1 Å². The first-order chi connectivity index (χ1) is 10.1. The zero-order valence-corrected chi connectivity index (χ0v) is 13.0. The molecule has 0 bridgehead atoms. The molecule has 110 valence electrons. The Hall–Kier alpha value is -1.95. The maximum Gasteiger partial charge on any atom is 0.252 e. The van der Waals surface area contributed by atoms with Crippen molar-refractivity contribution in [2.24, 2.45) is 0 Å². The molecule has 0 fully saturated rings.